The number of H-pyrrole nitrogens is 1. The molecule has 32 heavy (non-hydrogen) atoms. The third-order valence-corrected chi connectivity index (χ3v) is 7.24. The van der Waals surface area contributed by atoms with E-state index in [1.807, 2.05) is 12.3 Å². The molecule has 1 aromatic carbocycles. The van der Waals surface area contributed by atoms with Gasteiger partial charge in [-0.2, -0.15) is 0 Å². The molecule has 0 aliphatic carbocycles. The van der Waals surface area contributed by atoms with Crippen molar-refractivity contribution in [3.8, 4) is 0 Å². The van der Waals surface area contributed by atoms with Crippen molar-refractivity contribution in [1.29, 1.82) is 0 Å². The lowest BCUT2D eigenvalue weighted by Crippen LogP contribution is -2.56. The van der Waals surface area contributed by atoms with Crippen LogP contribution in [0.15, 0.2) is 42.7 Å². The standard InChI is InChI=1S/C24H32N6O2/c31-22-24(9-15-28(16-10-24)14-8-19-5-2-1-3-6-19)27-23(32)30(22)20-7-4-13-29(17-20)18-21-25-11-12-26-21/h1-3,5-6,11-12,20H,4,7-10,13-18H2,(H,25,26)(H,27,32). The van der Waals surface area contributed by atoms with E-state index in [0.29, 0.717) is 25.9 Å². The summed E-state index contributed by atoms with van der Waals surface area (Å²) in [5.74, 6) is 0.900. The minimum absolute atomic E-state index is 0.0185. The Bertz CT molecular complexity index is 923. The molecule has 8 heteroatoms. The monoisotopic (exact) mass is 436 g/mol. The molecular weight excluding hydrogens is 404 g/mol. The molecule has 2 aromatic rings. The normalized spacial score (nSPS) is 24.2. The molecule has 1 spiro atoms. The molecule has 170 valence electrons. The molecule has 3 saturated heterocycles. The van der Waals surface area contributed by atoms with Gasteiger partial charge in [0.25, 0.3) is 5.91 Å². The summed E-state index contributed by atoms with van der Waals surface area (Å²) in [6.45, 7) is 5.04. The molecule has 0 saturated carbocycles. The fraction of sp³-hybridized carbons (Fsp3) is 0.542. The highest BCUT2D eigenvalue weighted by Crippen LogP contribution is 2.32. The van der Waals surface area contributed by atoms with Gasteiger partial charge in [0.1, 0.15) is 11.4 Å². The molecular formula is C24H32N6O2. The SMILES string of the molecule is O=C1NC2(CCN(CCc3ccccc3)CC2)C(=O)N1C1CCCN(Cc2ncc[nH]2)C1. The van der Waals surface area contributed by atoms with Crippen LogP contribution in [0.1, 0.15) is 37.1 Å². The van der Waals surface area contributed by atoms with E-state index in [1.54, 1.807) is 6.20 Å². The summed E-state index contributed by atoms with van der Waals surface area (Å²) in [7, 11) is 0. The van der Waals surface area contributed by atoms with E-state index in [1.165, 1.54) is 10.5 Å². The molecule has 5 rings (SSSR count). The summed E-state index contributed by atoms with van der Waals surface area (Å²) in [5.41, 5.74) is 0.615. The largest absolute Gasteiger partial charge is 0.348 e. The molecule has 1 unspecified atom stereocenters. The molecule has 2 N–H and O–H groups in total. The minimum atomic E-state index is -0.719. The van der Waals surface area contributed by atoms with Gasteiger partial charge in [-0.05, 0) is 44.2 Å². The molecule has 0 bridgehead atoms. The molecule has 3 fully saturated rings. The second-order valence-corrected chi connectivity index (χ2v) is 9.33. The first-order chi connectivity index (χ1) is 15.6. The Morgan fingerprint density at radius 2 is 1.88 bits per heavy atom. The zero-order valence-electron chi connectivity index (χ0n) is 18.5. The Labute approximate surface area is 189 Å². The van der Waals surface area contributed by atoms with Crippen LogP contribution >= 0.6 is 0 Å². The Balaban J connectivity index is 1.18. The smallest absolute Gasteiger partial charge is 0.325 e. The summed E-state index contributed by atoms with van der Waals surface area (Å²) in [6, 6.07) is 10.2. The van der Waals surface area contributed by atoms with Gasteiger partial charge in [0, 0.05) is 38.6 Å². The summed E-state index contributed by atoms with van der Waals surface area (Å²) >= 11 is 0. The highest BCUT2D eigenvalue weighted by atomic mass is 16.2. The number of amides is 3. The minimum Gasteiger partial charge on any atom is -0.348 e. The van der Waals surface area contributed by atoms with E-state index >= 15 is 0 Å². The number of nitrogens with zero attached hydrogens (tertiary/aromatic N) is 4. The third-order valence-electron chi connectivity index (χ3n) is 7.24. The van der Waals surface area contributed by atoms with Gasteiger partial charge in [-0.1, -0.05) is 30.3 Å². The van der Waals surface area contributed by atoms with Crippen LogP contribution < -0.4 is 5.32 Å². The van der Waals surface area contributed by atoms with E-state index in [2.05, 4.69) is 49.4 Å². The maximum Gasteiger partial charge on any atom is 0.325 e. The van der Waals surface area contributed by atoms with E-state index in [9.17, 15) is 9.59 Å². The van der Waals surface area contributed by atoms with Gasteiger partial charge in [-0.3, -0.25) is 14.6 Å². The fourth-order valence-corrected chi connectivity index (χ4v) is 5.38. The van der Waals surface area contributed by atoms with Crippen molar-refractivity contribution in [3.63, 3.8) is 0 Å². The van der Waals surface area contributed by atoms with Gasteiger partial charge in [0.05, 0.1) is 12.6 Å². The Kier molecular flexibility index (Phi) is 5.97. The van der Waals surface area contributed by atoms with Crippen molar-refractivity contribution in [2.45, 2.75) is 50.2 Å². The number of imidazole rings is 1. The molecule has 8 nitrogen and oxygen atoms in total. The van der Waals surface area contributed by atoms with Crippen LogP contribution in [0.5, 0.6) is 0 Å². The van der Waals surface area contributed by atoms with Gasteiger partial charge < -0.3 is 15.2 Å². The number of imide groups is 1. The highest BCUT2D eigenvalue weighted by molar-refractivity contribution is 6.07. The summed E-state index contributed by atoms with van der Waals surface area (Å²) < 4.78 is 0. The number of carbonyl (C=O) groups is 2. The number of hydrogen-bond donors (Lipinski definition) is 2. The number of nitrogens with one attached hydrogen (secondary N) is 2. The summed E-state index contributed by atoms with van der Waals surface area (Å²) in [5, 5.41) is 3.09. The average molecular weight is 437 g/mol. The van der Waals surface area contributed by atoms with Gasteiger partial charge in [0.2, 0.25) is 0 Å². The summed E-state index contributed by atoms with van der Waals surface area (Å²) in [4.78, 5) is 40.1. The van der Waals surface area contributed by atoms with Crippen LogP contribution in [0.4, 0.5) is 4.79 Å². The van der Waals surface area contributed by atoms with Crippen LogP contribution in [0, 0.1) is 0 Å². The van der Waals surface area contributed by atoms with E-state index in [0.717, 1.165) is 51.3 Å². The Morgan fingerprint density at radius 3 is 2.62 bits per heavy atom. The first-order valence-electron chi connectivity index (χ1n) is 11.8. The van der Waals surface area contributed by atoms with Crippen molar-refractivity contribution in [2.75, 3.05) is 32.7 Å². The topological polar surface area (TPSA) is 84.6 Å². The lowest BCUT2D eigenvalue weighted by Gasteiger charge is -2.39. The summed E-state index contributed by atoms with van der Waals surface area (Å²) in [6.07, 6.45) is 7.80. The average Bonchev–Trinajstić information content (AvgIpc) is 3.40. The number of benzene rings is 1. The van der Waals surface area contributed by atoms with E-state index in [-0.39, 0.29) is 18.0 Å². The number of carbonyl (C=O) groups excluding carboxylic acids is 2. The number of aromatic nitrogens is 2. The maximum absolute atomic E-state index is 13.5. The predicted molar refractivity (Wildman–Crippen MR) is 121 cm³/mol. The number of piperidine rings is 2. The molecule has 0 radical (unpaired) electrons. The van der Waals surface area contributed by atoms with Crippen LogP contribution in [0.25, 0.3) is 0 Å². The molecule has 1 aromatic heterocycles. The van der Waals surface area contributed by atoms with Crippen LogP contribution in [0.3, 0.4) is 0 Å². The molecule has 3 aliphatic heterocycles. The second-order valence-electron chi connectivity index (χ2n) is 9.33. The van der Waals surface area contributed by atoms with Crippen molar-refractivity contribution in [3.05, 3.63) is 54.1 Å². The van der Waals surface area contributed by atoms with Crippen molar-refractivity contribution >= 4 is 11.9 Å². The van der Waals surface area contributed by atoms with E-state index < -0.39 is 5.54 Å². The first-order valence-corrected chi connectivity index (χ1v) is 11.8. The zero-order chi connectivity index (χ0) is 22.0. The van der Waals surface area contributed by atoms with Crippen molar-refractivity contribution in [1.82, 2.24) is 30.0 Å². The molecule has 1 atom stereocenters. The van der Waals surface area contributed by atoms with Crippen LogP contribution in [0.2, 0.25) is 0 Å². The van der Waals surface area contributed by atoms with Crippen LogP contribution in [-0.2, 0) is 17.8 Å². The lowest BCUT2D eigenvalue weighted by atomic mass is 9.87. The number of aromatic amines is 1. The van der Waals surface area contributed by atoms with Gasteiger partial charge >= 0.3 is 6.03 Å². The Morgan fingerprint density at radius 1 is 1.06 bits per heavy atom. The number of hydrogen-bond acceptors (Lipinski definition) is 5. The van der Waals surface area contributed by atoms with Crippen molar-refractivity contribution in [2.24, 2.45) is 0 Å². The highest BCUT2D eigenvalue weighted by Gasteiger charge is 2.54. The first kappa shape index (κ1) is 21.2. The van der Waals surface area contributed by atoms with Crippen molar-refractivity contribution < 1.29 is 9.59 Å². The zero-order valence-corrected chi connectivity index (χ0v) is 18.5. The van der Waals surface area contributed by atoms with Gasteiger partial charge in [-0.25, -0.2) is 9.78 Å². The van der Waals surface area contributed by atoms with E-state index in [4.69, 9.17) is 0 Å². The quantitative estimate of drug-likeness (QED) is 0.677. The molecule has 4 heterocycles. The predicted octanol–water partition coefficient (Wildman–Crippen LogP) is 2.00. The second kappa shape index (κ2) is 9.03. The lowest BCUT2D eigenvalue weighted by molar-refractivity contribution is -0.135. The molecule has 3 aliphatic rings. The maximum atomic E-state index is 13.5. The molecule has 3 amide bonds. The Hall–Kier alpha value is -2.71. The third kappa shape index (κ3) is 4.29. The van der Waals surface area contributed by atoms with Gasteiger partial charge in [0.15, 0.2) is 0 Å². The fourth-order valence-electron chi connectivity index (χ4n) is 5.38. The number of urea groups is 1. The number of rotatable bonds is 6. The van der Waals surface area contributed by atoms with Gasteiger partial charge in [-0.15, -0.1) is 0 Å². The van der Waals surface area contributed by atoms with Crippen LogP contribution in [-0.4, -0.2) is 80.9 Å². The number of likely N-dealkylation sites (tertiary alicyclic amines) is 2.